The second-order valence-electron chi connectivity index (χ2n) is 6.92. The van der Waals surface area contributed by atoms with E-state index in [1.54, 1.807) is 0 Å². The van der Waals surface area contributed by atoms with Crippen LogP contribution in [0.3, 0.4) is 0 Å². The number of aliphatic carboxylic acids is 1. The molecular weight excluding hydrogens is 360 g/mol. The third kappa shape index (κ3) is 5.99. The number of rotatable bonds is 8. The van der Waals surface area contributed by atoms with Crippen LogP contribution in [0.2, 0.25) is 0 Å². The standard InChI is InChI=1S/C20H26N4O4/c1-14(2)11-17(20(26)27)23-19(25)15(12-21)13-22-16-5-3-4-6-18(16)24-7-9-28-10-8-24/h3-6,13-14,17,22H,7-11H2,1-2H3,(H,23,25)(H,26,27)/b15-13-. The first-order chi connectivity index (χ1) is 13.4. The van der Waals surface area contributed by atoms with Crippen molar-refractivity contribution in [1.82, 2.24) is 5.32 Å². The smallest absolute Gasteiger partial charge is 0.326 e. The van der Waals surface area contributed by atoms with Crippen molar-refractivity contribution in [1.29, 1.82) is 5.26 Å². The Kier molecular flexibility index (Phi) is 7.84. The fourth-order valence-electron chi connectivity index (χ4n) is 2.90. The van der Waals surface area contributed by atoms with Gasteiger partial charge in [0.1, 0.15) is 17.7 Å². The molecule has 3 N–H and O–H groups in total. The van der Waals surface area contributed by atoms with E-state index in [2.05, 4.69) is 15.5 Å². The Morgan fingerprint density at radius 1 is 1.32 bits per heavy atom. The van der Waals surface area contributed by atoms with Gasteiger partial charge in [0.05, 0.1) is 24.6 Å². The number of nitrogens with zero attached hydrogens (tertiary/aromatic N) is 2. The average molecular weight is 386 g/mol. The Morgan fingerprint density at radius 2 is 2.00 bits per heavy atom. The number of carbonyl (C=O) groups is 2. The van der Waals surface area contributed by atoms with Crippen LogP contribution in [0.15, 0.2) is 36.0 Å². The summed E-state index contributed by atoms with van der Waals surface area (Å²) < 4.78 is 5.37. The lowest BCUT2D eigenvalue weighted by molar-refractivity contribution is -0.141. The number of benzene rings is 1. The number of nitrogens with one attached hydrogen (secondary N) is 2. The van der Waals surface area contributed by atoms with Gasteiger partial charge in [-0.05, 0) is 24.5 Å². The number of para-hydroxylation sites is 2. The third-order valence-electron chi connectivity index (χ3n) is 4.30. The van der Waals surface area contributed by atoms with E-state index < -0.39 is 17.9 Å². The molecule has 1 aromatic rings. The Labute approximate surface area is 164 Å². The molecule has 1 aromatic carbocycles. The lowest BCUT2D eigenvalue weighted by Gasteiger charge is -2.30. The van der Waals surface area contributed by atoms with Crippen LogP contribution in [0.4, 0.5) is 11.4 Å². The van der Waals surface area contributed by atoms with E-state index in [1.165, 1.54) is 6.20 Å². The number of hydrogen-bond acceptors (Lipinski definition) is 6. The van der Waals surface area contributed by atoms with Gasteiger partial charge in [-0.2, -0.15) is 5.26 Å². The molecule has 1 aliphatic rings. The minimum absolute atomic E-state index is 0.0921. The molecule has 0 aliphatic carbocycles. The lowest BCUT2D eigenvalue weighted by Crippen LogP contribution is -2.42. The molecule has 0 radical (unpaired) electrons. The van der Waals surface area contributed by atoms with Gasteiger partial charge in [0.25, 0.3) is 5.91 Å². The van der Waals surface area contributed by atoms with Crippen LogP contribution in [0, 0.1) is 17.2 Å². The van der Waals surface area contributed by atoms with Crippen LogP contribution < -0.4 is 15.5 Å². The van der Waals surface area contributed by atoms with Crippen LogP contribution in [-0.2, 0) is 14.3 Å². The van der Waals surface area contributed by atoms with E-state index in [0.29, 0.717) is 13.2 Å². The highest BCUT2D eigenvalue weighted by Gasteiger charge is 2.23. The topological polar surface area (TPSA) is 115 Å². The lowest BCUT2D eigenvalue weighted by atomic mass is 10.0. The second-order valence-corrected chi connectivity index (χ2v) is 6.92. The molecule has 0 aromatic heterocycles. The minimum atomic E-state index is -1.12. The number of carboxylic acids is 1. The Bertz CT molecular complexity index is 764. The Balaban J connectivity index is 2.12. The Morgan fingerprint density at radius 3 is 2.61 bits per heavy atom. The van der Waals surface area contributed by atoms with Gasteiger partial charge in [-0.25, -0.2) is 4.79 Å². The van der Waals surface area contributed by atoms with Gasteiger partial charge in [0, 0.05) is 19.3 Å². The molecule has 0 spiro atoms. The summed E-state index contributed by atoms with van der Waals surface area (Å²) in [5, 5.41) is 24.0. The second kappa shape index (κ2) is 10.3. The molecule has 1 aliphatic heterocycles. The van der Waals surface area contributed by atoms with Crippen LogP contribution in [0.5, 0.6) is 0 Å². The normalized spacial score (nSPS) is 15.6. The fraction of sp³-hybridized carbons (Fsp3) is 0.450. The van der Waals surface area contributed by atoms with E-state index in [4.69, 9.17) is 4.74 Å². The zero-order valence-electron chi connectivity index (χ0n) is 16.1. The van der Waals surface area contributed by atoms with Gasteiger partial charge in [-0.1, -0.05) is 26.0 Å². The van der Waals surface area contributed by atoms with Crippen molar-refractivity contribution in [2.45, 2.75) is 26.3 Å². The molecule has 150 valence electrons. The molecule has 1 fully saturated rings. The van der Waals surface area contributed by atoms with Gasteiger partial charge >= 0.3 is 5.97 Å². The van der Waals surface area contributed by atoms with Crippen LogP contribution in [-0.4, -0.2) is 49.3 Å². The molecular formula is C20H26N4O4. The highest BCUT2D eigenvalue weighted by molar-refractivity contribution is 5.99. The minimum Gasteiger partial charge on any atom is -0.480 e. The number of anilines is 2. The highest BCUT2D eigenvalue weighted by atomic mass is 16.5. The predicted molar refractivity (Wildman–Crippen MR) is 106 cm³/mol. The molecule has 1 amide bonds. The van der Waals surface area contributed by atoms with Crippen LogP contribution in [0.25, 0.3) is 0 Å². The molecule has 2 rings (SSSR count). The summed E-state index contributed by atoms with van der Waals surface area (Å²) in [4.78, 5) is 25.8. The van der Waals surface area contributed by atoms with Gasteiger partial charge in [-0.3, -0.25) is 4.79 Å². The monoisotopic (exact) mass is 386 g/mol. The summed E-state index contributed by atoms with van der Waals surface area (Å²) in [6, 6.07) is 8.37. The van der Waals surface area contributed by atoms with Crippen LogP contribution >= 0.6 is 0 Å². The SMILES string of the molecule is CC(C)CC(NC(=O)/C(C#N)=C\Nc1ccccc1N1CCOCC1)C(=O)O. The number of carboxylic acid groups (broad SMARTS) is 1. The van der Waals surface area contributed by atoms with Gasteiger partial charge in [-0.15, -0.1) is 0 Å². The predicted octanol–water partition coefficient (Wildman–Crippen LogP) is 1.96. The maximum atomic E-state index is 12.3. The van der Waals surface area contributed by atoms with Crippen molar-refractivity contribution in [2.24, 2.45) is 5.92 Å². The molecule has 1 heterocycles. The highest BCUT2D eigenvalue weighted by Crippen LogP contribution is 2.26. The third-order valence-corrected chi connectivity index (χ3v) is 4.30. The maximum Gasteiger partial charge on any atom is 0.326 e. The zero-order valence-corrected chi connectivity index (χ0v) is 16.1. The first kappa shape index (κ1) is 21.3. The largest absolute Gasteiger partial charge is 0.480 e. The van der Waals surface area contributed by atoms with E-state index in [9.17, 15) is 20.0 Å². The summed E-state index contributed by atoms with van der Waals surface area (Å²) in [5.74, 6) is -1.74. The van der Waals surface area contributed by atoms with Crippen molar-refractivity contribution >= 4 is 23.3 Å². The van der Waals surface area contributed by atoms with E-state index in [1.807, 2.05) is 44.2 Å². The van der Waals surface area contributed by atoms with Crippen molar-refractivity contribution in [3.8, 4) is 6.07 Å². The number of nitriles is 1. The van der Waals surface area contributed by atoms with Crippen LogP contribution in [0.1, 0.15) is 20.3 Å². The van der Waals surface area contributed by atoms with Crippen molar-refractivity contribution in [2.75, 3.05) is 36.5 Å². The van der Waals surface area contributed by atoms with E-state index in [0.717, 1.165) is 24.5 Å². The quantitative estimate of drug-likeness (QED) is 0.462. The molecule has 1 atom stereocenters. The molecule has 0 bridgehead atoms. The number of morpholine rings is 1. The van der Waals surface area contributed by atoms with Crippen molar-refractivity contribution < 1.29 is 19.4 Å². The molecule has 0 saturated carbocycles. The van der Waals surface area contributed by atoms with Crippen molar-refractivity contribution in [3.63, 3.8) is 0 Å². The molecule has 1 unspecified atom stereocenters. The zero-order chi connectivity index (χ0) is 20.5. The summed E-state index contributed by atoms with van der Waals surface area (Å²) in [7, 11) is 0. The van der Waals surface area contributed by atoms with Crippen molar-refractivity contribution in [3.05, 3.63) is 36.0 Å². The summed E-state index contributed by atoms with van der Waals surface area (Å²) in [5.41, 5.74) is 1.51. The molecule has 1 saturated heterocycles. The van der Waals surface area contributed by atoms with Gasteiger partial charge in [0.2, 0.25) is 0 Å². The first-order valence-electron chi connectivity index (χ1n) is 9.24. The molecule has 28 heavy (non-hydrogen) atoms. The Hall–Kier alpha value is -3.05. The summed E-state index contributed by atoms with van der Waals surface area (Å²) in [6.07, 6.45) is 1.59. The maximum absolute atomic E-state index is 12.3. The average Bonchev–Trinajstić information content (AvgIpc) is 2.68. The van der Waals surface area contributed by atoms with E-state index >= 15 is 0 Å². The number of carbonyl (C=O) groups excluding carboxylic acids is 1. The summed E-state index contributed by atoms with van der Waals surface area (Å²) >= 11 is 0. The van der Waals surface area contributed by atoms with Gasteiger partial charge in [0.15, 0.2) is 0 Å². The summed E-state index contributed by atoms with van der Waals surface area (Å²) in [6.45, 7) is 6.53. The fourth-order valence-corrected chi connectivity index (χ4v) is 2.90. The van der Waals surface area contributed by atoms with Gasteiger partial charge < -0.3 is 25.4 Å². The number of hydrogen-bond donors (Lipinski definition) is 3. The first-order valence-corrected chi connectivity index (χ1v) is 9.24. The number of amides is 1. The van der Waals surface area contributed by atoms with E-state index in [-0.39, 0.29) is 17.9 Å². The molecule has 8 nitrogen and oxygen atoms in total. The molecule has 8 heteroatoms. The number of ether oxygens (including phenoxy) is 1.